The zero-order valence-electron chi connectivity index (χ0n) is 12.0. The Hall–Kier alpha value is -0.920. The summed E-state index contributed by atoms with van der Waals surface area (Å²) >= 11 is 1.13. The van der Waals surface area contributed by atoms with Crippen molar-refractivity contribution in [3.8, 4) is 0 Å². The fourth-order valence-electron chi connectivity index (χ4n) is 1.63. The second-order valence-corrected chi connectivity index (χ2v) is 7.81. The topological polar surface area (TPSA) is 75.3 Å². The van der Waals surface area contributed by atoms with Crippen LogP contribution in [0.3, 0.4) is 0 Å². The Morgan fingerprint density at radius 3 is 2.60 bits per heavy atom. The van der Waals surface area contributed by atoms with Gasteiger partial charge in [0.25, 0.3) is 10.0 Å². The summed E-state index contributed by atoms with van der Waals surface area (Å²) in [4.78, 5) is 12.1. The highest BCUT2D eigenvalue weighted by atomic mass is 32.2. The molecule has 1 unspecified atom stereocenters. The first-order chi connectivity index (χ1) is 9.38. The van der Waals surface area contributed by atoms with E-state index in [1.165, 1.54) is 6.07 Å². The van der Waals surface area contributed by atoms with Gasteiger partial charge in [0, 0.05) is 6.54 Å². The van der Waals surface area contributed by atoms with Gasteiger partial charge in [-0.25, -0.2) is 8.42 Å². The van der Waals surface area contributed by atoms with Crippen molar-refractivity contribution in [2.45, 2.75) is 43.9 Å². The number of sulfonamides is 1. The molecule has 1 amide bonds. The van der Waals surface area contributed by atoms with Gasteiger partial charge in [0.1, 0.15) is 10.3 Å². The molecule has 0 aliphatic carbocycles. The zero-order chi connectivity index (χ0) is 15.2. The Kier molecular flexibility index (Phi) is 6.64. The first-order valence-corrected chi connectivity index (χ1v) is 9.08. The van der Waals surface area contributed by atoms with Crippen LogP contribution in [0.4, 0.5) is 0 Å². The summed E-state index contributed by atoms with van der Waals surface area (Å²) in [6.45, 7) is 6.24. The highest BCUT2D eigenvalue weighted by Gasteiger charge is 2.28. The van der Waals surface area contributed by atoms with E-state index in [-0.39, 0.29) is 16.0 Å². The molecule has 0 saturated carbocycles. The van der Waals surface area contributed by atoms with E-state index in [1.807, 2.05) is 20.8 Å². The van der Waals surface area contributed by atoms with Gasteiger partial charge in [-0.05, 0) is 23.8 Å². The van der Waals surface area contributed by atoms with Crippen LogP contribution in [0.1, 0.15) is 33.6 Å². The predicted octanol–water partition coefficient (Wildman–Crippen LogP) is 1.97. The third kappa shape index (κ3) is 4.88. The number of nitrogens with one attached hydrogen (secondary N) is 2. The molecule has 0 spiro atoms. The largest absolute Gasteiger partial charge is 0.355 e. The molecule has 1 aromatic heterocycles. The lowest BCUT2D eigenvalue weighted by Gasteiger charge is -2.21. The standard InChI is InChI=1S/C13H22N2O3S2/c1-4-5-8-14-13(16)12(10(2)3)15-20(17,18)11-7-6-9-19-11/h6-7,9-10,12,15H,4-5,8H2,1-3H3,(H,14,16). The Labute approximate surface area is 124 Å². The minimum absolute atomic E-state index is 0.119. The van der Waals surface area contributed by atoms with Gasteiger partial charge < -0.3 is 5.32 Å². The van der Waals surface area contributed by atoms with Gasteiger partial charge in [-0.1, -0.05) is 33.3 Å². The number of carbonyl (C=O) groups excluding carboxylic acids is 1. The fourth-order valence-corrected chi connectivity index (χ4v) is 3.99. The molecule has 1 aromatic rings. The van der Waals surface area contributed by atoms with Crippen LogP contribution in [0, 0.1) is 5.92 Å². The predicted molar refractivity (Wildman–Crippen MR) is 81.2 cm³/mol. The molecule has 0 aliphatic heterocycles. The van der Waals surface area contributed by atoms with Crippen LogP contribution in [-0.2, 0) is 14.8 Å². The van der Waals surface area contributed by atoms with Gasteiger partial charge >= 0.3 is 0 Å². The van der Waals surface area contributed by atoms with Crippen LogP contribution < -0.4 is 10.0 Å². The van der Waals surface area contributed by atoms with Gasteiger partial charge in [0.2, 0.25) is 5.91 Å². The molecule has 7 heteroatoms. The first kappa shape index (κ1) is 17.1. The van der Waals surface area contributed by atoms with Gasteiger partial charge in [-0.3, -0.25) is 4.79 Å². The van der Waals surface area contributed by atoms with Crippen molar-refractivity contribution >= 4 is 27.3 Å². The van der Waals surface area contributed by atoms with Crippen molar-refractivity contribution in [1.82, 2.24) is 10.0 Å². The third-order valence-corrected chi connectivity index (χ3v) is 5.66. The van der Waals surface area contributed by atoms with E-state index in [2.05, 4.69) is 10.0 Å². The fraction of sp³-hybridized carbons (Fsp3) is 0.615. The third-order valence-electron chi connectivity index (χ3n) is 2.82. The lowest BCUT2D eigenvalue weighted by Crippen LogP contribution is -2.49. The minimum atomic E-state index is -3.63. The van der Waals surface area contributed by atoms with Crippen molar-refractivity contribution in [2.24, 2.45) is 5.92 Å². The van der Waals surface area contributed by atoms with Crippen molar-refractivity contribution in [3.63, 3.8) is 0 Å². The molecule has 20 heavy (non-hydrogen) atoms. The van der Waals surface area contributed by atoms with Crippen molar-refractivity contribution in [1.29, 1.82) is 0 Å². The molecular weight excluding hydrogens is 296 g/mol. The van der Waals surface area contributed by atoms with Gasteiger partial charge in [-0.2, -0.15) is 4.72 Å². The lowest BCUT2D eigenvalue weighted by atomic mass is 10.1. The van der Waals surface area contributed by atoms with E-state index in [4.69, 9.17) is 0 Å². The zero-order valence-corrected chi connectivity index (χ0v) is 13.7. The molecule has 0 saturated heterocycles. The Bertz CT molecular complexity index is 510. The summed E-state index contributed by atoms with van der Waals surface area (Å²) in [5, 5.41) is 4.47. The number of hydrogen-bond acceptors (Lipinski definition) is 4. The second-order valence-electron chi connectivity index (χ2n) is 4.92. The number of unbranched alkanes of at least 4 members (excludes halogenated alkanes) is 1. The molecule has 0 bridgehead atoms. The van der Waals surface area contributed by atoms with Crippen LogP contribution >= 0.6 is 11.3 Å². The van der Waals surface area contributed by atoms with Crippen molar-refractivity contribution < 1.29 is 13.2 Å². The van der Waals surface area contributed by atoms with Crippen LogP contribution in [0.25, 0.3) is 0 Å². The summed E-state index contributed by atoms with van der Waals surface area (Å²) < 4.78 is 27.0. The van der Waals surface area contributed by atoms with E-state index in [0.29, 0.717) is 6.54 Å². The van der Waals surface area contributed by atoms with Gasteiger partial charge in [-0.15, -0.1) is 11.3 Å². The molecule has 0 radical (unpaired) electrons. The molecule has 0 aliphatic rings. The average Bonchev–Trinajstić information content (AvgIpc) is 2.90. The minimum Gasteiger partial charge on any atom is -0.355 e. The van der Waals surface area contributed by atoms with Crippen LogP contribution in [-0.4, -0.2) is 26.9 Å². The molecule has 0 aromatic carbocycles. The Morgan fingerprint density at radius 1 is 1.40 bits per heavy atom. The smallest absolute Gasteiger partial charge is 0.250 e. The molecule has 114 valence electrons. The summed E-state index contributed by atoms with van der Waals surface area (Å²) in [6.07, 6.45) is 1.86. The Balaban J connectivity index is 2.75. The quantitative estimate of drug-likeness (QED) is 0.720. The van der Waals surface area contributed by atoms with Crippen molar-refractivity contribution in [2.75, 3.05) is 6.54 Å². The molecule has 2 N–H and O–H groups in total. The average molecular weight is 318 g/mol. The van der Waals surface area contributed by atoms with Gasteiger partial charge in [0.05, 0.1) is 0 Å². The molecule has 1 atom stereocenters. The van der Waals surface area contributed by atoms with Crippen LogP contribution in [0.15, 0.2) is 21.7 Å². The van der Waals surface area contributed by atoms with Crippen molar-refractivity contribution in [3.05, 3.63) is 17.5 Å². The summed E-state index contributed by atoms with van der Waals surface area (Å²) in [5.41, 5.74) is 0. The highest BCUT2D eigenvalue weighted by Crippen LogP contribution is 2.17. The number of hydrogen-bond donors (Lipinski definition) is 2. The molecule has 1 heterocycles. The van der Waals surface area contributed by atoms with E-state index in [1.54, 1.807) is 11.4 Å². The lowest BCUT2D eigenvalue weighted by molar-refractivity contribution is -0.123. The molecule has 5 nitrogen and oxygen atoms in total. The summed E-state index contributed by atoms with van der Waals surface area (Å²) in [7, 11) is -3.63. The summed E-state index contributed by atoms with van der Waals surface area (Å²) in [6, 6.07) is 2.45. The van der Waals surface area contributed by atoms with E-state index in [0.717, 1.165) is 24.2 Å². The van der Waals surface area contributed by atoms with E-state index < -0.39 is 16.1 Å². The number of carbonyl (C=O) groups is 1. The molecular formula is C13H22N2O3S2. The van der Waals surface area contributed by atoms with E-state index >= 15 is 0 Å². The SMILES string of the molecule is CCCCNC(=O)C(NS(=O)(=O)c1cccs1)C(C)C. The normalized spacial score (nSPS) is 13.4. The first-order valence-electron chi connectivity index (χ1n) is 6.72. The Morgan fingerprint density at radius 2 is 2.10 bits per heavy atom. The van der Waals surface area contributed by atoms with Crippen LogP contribution in [0.2, 0.25) is 0 Å². The molecule has 1 rings (SSSR count). The number of amides is 1. The second kappa shape index (κ2) is 7.75. The maximum absolute atomic E-state index is 12.2. The summed E-state index contributed by atoms with van der Waals surface area (Å²) in [5.74, 6) is -0.389. The maximum atomic E-state index is 12.2. The maximum Gasteiger partial charge on any atom is 0.250 e. The van der Waals surface area contributed by atoms with Gasteiger partial charge in [0.15, 0.2) is 0 Å². The molecule has 0 fully saturated rings. The van der Waals surface area contributed by atoms with E-state index in [9.17, 15) is 13.2 Å². The van der Waals surface area contributed by atoms with Crippen LogP contribution in [0.5, 0.6) is 0 Å². The highest BCUT2D eigenvalue weighted by molar-refractivity contribution is 7.91. The monoisotopic (exact) mass is 318 g/mol. The number of thiophene rings is 1. The number of rotatable bonds is 8.